The molecule has 0 radical (unpaired) electrons. The lowest BCUT2D eigenvalue weighted by Crippen LogP contribution is -2.36. The zero-order valence-corrected chi connectivity index (χ0v) is 18.0. The van der Waals surface area contributed by atoms with Crippen LogP contribution in [0.15, 0.2) is 85.1 Å². The lowest BCUT2D eigenvalue weighted by Gasteiger charge is -2.28. The molecule has 0 spiro atoms. The molecule has 0 aliphatic carbocycles. The number of carbonyl (C=O) groups is 1. The van der Waals surface area contributed by atoms with Crippen molar-refractivity contribution >= 4 is 22.5 Å². The highest BCUT2D eigenvalue weighted by atomic mass is 16.5. The number of nitrogens with zero attached hydrogens (tertiary/aromatic N) is 1. The highest BCUT2D eigenvalue weighted by Gasteiger charge is 2.19. The minimum absolute atomic E-state index is 0.0562. The van der Waals surface area contributed by atoms with Crippen LogP contribution < -0.4 is 10.2 Å². The van der Waals surface area contributed by atoms with E-state index in [9.17, 15) is 4.79 Å². The summed E-state index contributed by atoms with van der Waals surface area (Å²) in [7, 11) is 0. The molecule has 1 fully saturated rings. The van der Waals surface area contributed by atoms with E-state index >= 15 is 0 Å². The molecule has 1 amide bonds. The van der Waals surface area contributed by atoms with Crippen LogP contribution in [0.25, 0.3) is 10.9 Å². The zero-order chi connectivity index (χ0) is 21.8. The van der Waals surface area contributed by atoms with E-state index in [1.165, 1.54) is 16.5 Å². The number of hydrogen-bond acceptors (Lipinski definition) is 3. The first kappa shape index (κ1) is 20.3. The molecule has 4 aromatic rings. The Labute approximate surface area is 188 Å². The van der Waals surface area contributed by atoms with E-state index in [1.54, 1.807) is 0 Å². The van der Waals surface area contributed by atoms with Gasteiger partial charge in [-0.2, -0.15) is 0 Å². The first-order chi connectivity index (χ1) is 15.8. The summed E-state index contributed by atoms with van der Waals surface area (Å²) in [5, 5.41) is 4.35. The molecule has 5 rings (SSSR count). The van der Waals surface area contributed by atoms with Crippen molar-refractivity contribution in [1.29, 1.82) is 0 Å². The molecule has 5 nitrogen and oxygen atoms in total. The van der Waals surface area contributed by atoms with Gasteiger partial charge in [0, 0.05) is 53.9 Å². The first-order valence-corrected chi connectivity index (χ1v) is 11.1. The summed E-state index contributed by atoms with van der Waals surface area (Å²) >= 11 is 0. The lowest BCUT2D eigenvalue weighted by atomic mass is 9.91. The van der Waals surface area contributed by atoms with E-state index in [0.717, 1.165) is 37.5 Å². The monoisotopic (exact) mass is 425 g/mol. The standard InChI is InChI=1S/C27H27N3O2/c31-27(21-10-12-22(13-11-21)30-14-16-32-17-15-30)29-18-24(20-6-2-1-3-7-20)25-19-28-26-9-5-4-8-23(25)26/h1-13,19,24,28H,14-18H2,(H,29,31). The van der Waals surface area contributed by atoms with Crippen molar-refractivity contribution in [2.24, 2.45) is 0 Å². The van der Waals surface area contributed by atoms with Crippen LogP contribution in [0.4, 0.5) is 5.69 Å². The number of rotatable bonds is 6. The number of amides is 1. The second-order valence-electron chi connectivity index (χ2n) is 8.11. The highest BCUT2D eigenvalue weighted by Crippen LogP contribution is 2.30. The molecule has 0 bridgehead atoms. The highest BCUT2D eigenvalue weighted by molar-refractivity contribution is 5.94. The molecule has 1 atom stereocenters. The molecule has 1 saturated heterocycles. The lowest BCUT2D eigenvalue weighted by molar-refractivity contribution is 0.0952. The number of morpholine rings is 1. The molecular weight excluding hydrogens is 398 g/mol. The van der Waals surface area contributed by atoms with Crippen LogP contribution in [-0.2, 0) is 4.74 Å². The van der Waals surface area contributed by atoms with Gasteiger partial charge in [-0.15, -0.1) is 0 Å². The summed E-state index contributed by atoms with van der Waals surface area (Å²) in [4.78, 5) is 18.6. The molecular formula is C27H27N3O2. The van der Waals surface area contributed by atoms with Gasteiger partial charge in [-0.05, 0) is 41.5 Å². The van der Waals surface area contributed by atoms with Crippen LogP contribution >= 0.6 is 0 Å². The van der Waals surface area contributed by atoms with Crippen molar-refractivity contribution in [2.75, 3.05) is 37.7 Å². The van der Waals surface area contributed by atoms with E-state index in [4.69, 9.17) is 4.74 Å². The maximum absolute atomic E-state index is 12.9. The third-order valence-corrected chi connectivity index (χ3v) is 6.17. The van der Waals surface area contributed by atoms with Gasteiger partial charge in [0.1, 0.15) is 0 Å². The number of aromatic nitrogens is 1. The van der Waals surface area contributed by atoms with Gasteiger partial charge in [-0.1, -0.05) is 48.5 Å². The number of ether oxygens (including phenoxy) is 1. The third kappa shape index (κ3) is 4.25. The SMILES string of the molecule is O=C(NCC(c1ccccc1)c1c[nH]c2ccccc12)c1ccc(N2CCOCC2)cc1. The van der Waals surface area contributed by atoms with E-state index in [0.29, 0.717) is 12.1 Å². The maximum Gasteiger partial charge on any atom is 0.251 e. The number of anilines is 1. The molecule has 0 saturated carbocycles. The van der Waals surface area contributed by atoms with Crippen molar-refractivity contribution in [2.45, 2.75) is 5.92 Å². The summed E-state index contributed by atoms with van der Waals surface area (Å²) in [6.45, 7) is 3.79. The predicted octanol–water partition coefficient (Wildman–Crippen LogP) is 4.57. The van der Waals surface area contributed by atoms with Crippen molar-refractivity contribution in [3.8, 4) is 0 Å². The summed E-state index contributed by atoms with van der Waals surface area (Å²) in [6.07, 6.45) is 2.06. The van der Waals surface area contributed by atoms with Gasteiger partial charge in [-0.3, -0.25) is 4.79 Å². The van der Waals surface area contributed by atoms with Crippen molar-refractivity contribution in [1.82, 2.24) is 10.3 Å². The largest absolute Gasteiger partial charge is 0.378 e. The molecule has 162 valence electrons. The van der Waals surface area contributed by atoms with Gasteiger partial charge >= 0.3 is 0 Å². The summed E-state index contributed by atoms with van der Waals surface area (Å²) < 4.78 is 5.42. The van der Waals surface area contributed by atoms with Crippen LogP contribution in [-0.4, -0.2) is 43.7 Å². The minimum atomic E-state index is -0.0562. The molecule has 1 aliphatic rings. The van der Waals surface area contributed by atoms with Crippen molar-refractivity contribution in [3.63, 3.8) is 0 Å². The van der Waals surface area contributed by atoms with Gasteiger partial charge in [-0.25, -0.2) is 0 Å². The molecule has 1 aliphatic heterocycles. The molecule has 32 heavy (non-hydrogen) atoms. The first-order valence-electron chi connectivity index (χ1n) is 11.1. The van der Waals surface area contributed by atoms with Gasteiger partial charge in [0.2, 0.25) is 0 Å². The molecule has 1 unspecified atom stereocenters. The number of fused-ring (bicyclic) bond motifs is 1. The van der Waals surface area contributed by atoms with E-state index in [-0.39, 0.29) is 11.8 Å². The van der Waals surface area contributed by atoms with Crippen LogP contribution in [0.5, 0.6) is 0 Å². The van der Waals surface area contributed by atoms with Crippen LogP contribution in [0, 0.1) is 0 Å². The van der Waals surface area contributed by atoms with Gasteiger partial charge in [0.15, 0.2) is 0 Å². The van der Waals surface area contributed by atoms with Crippen molar-refractivity contribution in [3.05, 3.63) is 102 Å². The fraction of sp³-hybridized carbons (Fsp3) is 0.222. The summed E-state index contributed by atoms with van der Waals surface area (Å²) in [5.41, 5.74) is 5.28. The fourth-order valence-corrected chi connectivity index (χ4v) is 4.42. The predicted molar refractivity (Wildman–Crippen MR) is 128 cm³/mol. The Morgan fingerprint density at radius 2 is 1.66 bits per heavy atom. The quantitative estimate of drug-likeness (QED) is 0.476. The van der Waals surface area contributed by atoms with Gasteiger partial charge < -0.3 is 19.9 Å². The maximum atomic E-state index is 12.9. The molecule has 3 aromatic carbocycles. The minimum Gasteiger partial charge on any atom is -0.378 e. The molecule has 5 heteroatoms. The number of hydrogen-bond donors (Lipinski definition) is 2. The zero-order valence-electron chi connectivity index (χ0n) is 18.0. The van der Waals surface area contributed by atoms with E-state index < -0.39 is 0 Å². The number of carbonyl (C=O) groups excluding carboxylic acids is 1. The molecule has 2 N–H and O–H groups in total. The Bertz CT molecular complexity index is 1180. The Kier molecular flexibility index (Phi) is 5.90. The number of nitrogens with one attached hydrogen (secondary N) is 2. The third-order valence-electron chi connectivity index (χ3n) is 6.17. The Morgan fingerprint density at radius 1 is 0.938 bits per heavy atom. The number of aromatic amines is 1. The summed E-state index contributed by atoms with van der Waals surface area (Å²) in [5.74, 6) is 0.00298. The Hall–Kier alpha value is -3.57. The average Bonchev–Trinajstić information content (AvgIpc) is 3.29. The Balaban J connectivity index is 1.34. The molecule has 1 aromatic heterocycles. The second-order valence-corrected chi connectivity index (χ2v) is 8.11. The normalized spacial score (nSPS) is 14.9. The molecule has 2 heterocycles. The second kappa shape index (κ2) is 9.28. The topological polar surface area (TPSA) is 57.4 Å². The van der Waals surface area contributed by atoms with Crippen LogP contribution in [0.2, 0.25) is 0 Å². The van der Waals surface area contributed by atoms with Gasteiger partial charge in [0.25, 0.3) is 5.91 Å². The Morgan fingerprint density at radius 3 is 2.44 bits per heavy atom. The number of benzene rings is 3. The van der Waals surface area contributed by atoms with Crippen LogP contribution in [0.1, 0.15) is 27.4 Å². The van der Waals surface area contributed by atoms with Crippen LogP contribution in [0.3, 0.4) is 0 Å². The van der Waals surface area contributed by atoms with E-state index in [2.05, 4.69) is 51.7 Å². The van der Waals surface area contributed by atoms with Crippen molar-refractivity contribution < 1.29 is 9.53 Å². The van der Waals surface area contributed by atoms with Gasteiger partial charge in [0.05, 0.1) is 13.2 Å². The summed E-state index contributed by atoms with van der Waals surface area (Å²) in [6, 6.07) is 26.5. The number of para-hydroxylation sites is 1. The smallest absolute Gasteiger partial charge is 0.251 e. The average molecular weight is 426 g/mol. The van der Waals surface area contributed by atoms with E-state index in [1.807, 2.05) is 48.5 Å². The number of H-pyrrole nitrogens is 1. The fourth-order valence-electron chi connectivity index (χ4n) is 4.42.